The maximum absolute atomic E-state index is 12.9. The van der Waals surface area contributed by atoms with Crippen LogP contribution in [0, 0.1) is 5.92 Å². The maximum Gasteiger partial charge on any atom is 0.244 e. The Morgan fingerprint density at radius 3 is 2.51 bits per heavy atom. The minimum atomic E-state index is -3.64. The van der Waals surface area contributed by atoms with Crippen LogP contribution in [0.1, 0.15) is 45.1 Å². The van der Waals surface area contributed by atoms with Crippen molar-refractivity contribution in [1.82, 2.24) is 9.71 Å². The third-order valence-corrected chi connectivity index (χ3v) is 7.28. The summed E-state index contributed by atoms with van der Waals surface area (Å²) < 4.78 is 31.2. The Hall–Kier alpha value is -2.36. The Labute approximate surface area is 212 Å². The monoisotopic (exact) mass is 520 g/mol. The van der Waals surface area contributed by atoms with Gasteiger partial charge < -0.3 is 15.0 Å². The second kappa shape index (κ2) is 10.3. The molecule has 4 rings (SSSR count). The number of halogens is 1. The van der Waals surface area contributed by atoms with Crippen molar-refractivity contribution in [2.45, 2.75) is 51.0 Å². The standard InChI is InChI=1S/C25H33ClN4O4S/c1-17(2)16-30(20-8-12-34-13-9-20)22-6-4-18(25(10-11-25)24(31)29-35(3,32)33)14-21(22)28-23-7-5-19(26)15-27-23/h4-7,14-15,17,20H,8-13,16H2,1-3H3,(H,27,28)(H,29,31). The fourth-order valence-corrected chi connectivity index (χ4v) is 5.29. The van der Waals surface area contributed by atoms with Gasteiger partial charge in [-0.15, -0.1) is 0 Å². The van der Waals surface area contributed by atoms with Crippen LogP contribution >= 0.6 is 11.6 Å². The third kappa shape index (κ3) is 6.26. The van der Waals surface area contributed by atoms with Gasteiger partial charge in [-0.3, -0.25) is 9.52 Å². The molecule has 190 valence electrons. The van der Waals surface area contributed by atoms with Gasteiger partial charge in [-0.1, -0.05) is 31.5 Å². The van der Waals surface area contributed by atoms with Gasteiger partial charge in [0, 0.05) is 32.0 Å². The average Bonchev–Trinajstić information content (AvgIpc) is 3.61. The second-order valence-corrected chi connectivity index (χ2v) is 12.1. The lowest BCUT2D eigenvalue weighted by molar-refractivity contribution is -0.121. The van der Waals surface area contributed by atoms with E-state index in [1.54, 1.807) is 12.3 Å². The zero-order chi connectivity index (χ0) is 25.2. The van der Waals surface area contributed by atoms with Gasteiger partial charge in [0.05, 0.1) is 28.1 Å². The molecule has 35 heavy (non-hydrogen) atoms. The quantitative estimate of drug-likeness (QED) is 0.510. The summed E-state index contributed by atoms with van der Waals surface area (Å²) in [5, 5.41) is 3.97. The van der Waals surface area contributed by atoms with E-state index >= 15 is 0 Å². The van der Waals surface area contributed by atoms with Crippen LogP contribution < -0.4 is 14.9 Å². The molecule has 10 heteroatoms. The number of nitrogens with zero attached hydrogens (tertiary/aromatic N) is 2. The Morgan fingerprint density at radius 2 is 1.94 bits per heavy atom. The van der Waals surface area contributed by atoms with E-state index in [-0.39, 0.29) is 0 Å². The highest BCUT2D eigenvalue weighted by Crippen LogP contribution is 2.50. The number of anilines is 3. The van der Waals surface area contributed by atoms with Gasteiger partial charge in [0.1, 0.15) is 5.82 Å². The van der Waals surface area contributed by atoms with Crippen molar-refractivity contribution >= 4 is 44.7 Å². The predicted molar refractivity (Wildman–Crippen MR) is 139 cm³/mol. The number of hydrogen-bond acceptors (Lipinski definition) is 7. The van der Waals surface area contributed by atoms with Crippen molar-refractivity contribution in [3.63, 3.8) is 0 Å². The number of hydrogen-bond donors (Lipinski definition) is 2. The number of carbonyl (C=O) groups excluding carboxylic acids is 1. The van der Waals surface area contributed by atoms with Crippen LogP contribution in [0.2, 0.25) is 5.02 Å². The molecule has 1 aliphatic carbocycles. The molecule has 2 heterocycles. The maximum atomic E-state index is 12.9. The minimum absolute atomic E-state index is 0.333. The first-order chi connectivity index (χ1) is 16.6. The van der Waals surface area contributed by atoms with E-state index in [9.17, 15) is 13.2 Å². The van der Waals surface area contributed by atoms with E-state index in [1.807, 2.05) is 24.3 Å². The highest BCUT2D eigenvalue weighted by atomic mass is 35.5. The molecule has 2 fully saturated rings. The molecule has 8 nitrogen and oxygen atoms in total. The average molecular weight is 521 g/mol. The molecule has 1 aliphatic heterocycles. The van der Waals surface area contributed by atoms with Gasteiger partial charge in [0.15, 0.2) is 0 Å². The van der Waals surface area contributed by atoms with Crippen molar-refractivity contribution in [2.24, 2.45) is 5.92 Å². The second-order valence-electron chi connectivity index (χ2n) is 9.89. The van der Waals surface area contributed by atoms with Crippen LogP contribution in [0.3, 0.4) is 0 Å². The third-order valence-electron chi connectivity index (χ3n) is 6.50. The molecule has 0 spiro atoms. The molecule has 1 aromatic heterocycles. The molecule has 2 aromatic rings. The Kier molecular flexibility index (Phi) is 7.59. The molecule has 0 atom stereocenters. The summed E-state index contributed by atoms with van der Waals surface area (Å²) in [6.45, 7) is 6.72. The molecular weight excluding hydrogens is 488 g/mol. The van der Waals surface area contributed by atoms with Crippen LogP contribution in [0.4, 0.5) is 17.2 Å². The van der Waals surface area contributed by atoms with Gasteiger partial charge in [-0.2, -0.15) is 0 Å². The summed E-state index contributed by atoms with van der Waals surface area (Å²) >= 11 is 6.03. The molecule has 1 saturated heterocycles. The molecule has 1 saturated carbocycles. The normalized spacial score (nSPS) is 17.7. The van der Waals surface area contributed by atoms with Crippen LogP contribution in [0.15, 0.2) is 36.5 Å². The largest absolute Gasteiger partial charge is 0.381 e. The van der Waals surface area contributed by atoms with E-state index < -0.39 is 21.3 Å². The Morgan fingerprint density at radius 1 is 1.23 bits per heavy atom. The van der Waals surface area contributed by atoms with Crippen molar-refractivity contribution in [1.29, 1.82) is 0 Å². The molecule has 1 aromatic carbocycles. The molecule has 0 bridgehead atoms. The predicted octanol–water partition coefficient (Wildman–Crippen LogP) is 4.23. The summed E-state index contributed by atoms with van der Waals surface area (Å²) in [4.78, 5) is 19.7. The fourth-order valence-electron chi connectivity index (χ4n) is 4.64. The molecule has 1 amide bonds. The number of pyridine rings is 1. The number of rotatable bonds is 9. The van der Waals surface area contributed by atoms with E-state index in [4.69, 9.17) is 16.3 Å². The molecule has 2 N–H and O–H groups in total. The van der Waals surface area contributed by atoms with Crippen molar-refractivity contribution in [3.05, 3.63) is 47.1 Å². The van der Waals surface area contributed by atoms with E-state index in [2.05, 4.69) is 33.8 Å². The first-order valence-electron chi connectivity index (χ1n) is 12.0. The van der Waals surface area contributed by atoms with Gasteiger partial charge in [0.25, 0.3) is 0 Å². The Bertz CT molecular complexity index is 1160. The zero-order valence-electron chi connectivity index (χ0n) is 20.4. The summed E-state index contributed by atoms with van der Waals surface area (Å²) in [5.74, 6) is 0.593. The first kappa shape index (κ1) is 25.7. The van der Waals surface area contributed by atoms with Gasteiger partial charge >= 0.3 is 0 Å². The minimum Gasteiger partial charge on any atom is -0.381 e. The van der Waals surface area contributed by atoms with Crippen LogP contribution in [0.25, 0.3) is 0 Å². The van der Waals surface area contributed by atoms with Gasteiger partial charge in [-0.25, -0.2) is 13.4 Å². The number of sulfonamides is 1. The lowest BCUT2D eigenvalue weighted by Crippen LogP contribution is -2.42. The SMILES string of the molecule is CC(C)CN(c1ccc(C2(C(=O)NS(C)(=O)=O)CC2)cc1Nc1ccc(Cl)cn1)C1CCOCC1. The topological polar surface area (TPSA) is 101 Å². The number of nitrogens with one attached hydrogen (secondary N) is 2. The highest BCUT2D eigenvalue weighted by Gasteiger charge is 2.52. The number of aromatic nitrogens is 1. The summed E-state index contributed by atoms with van der Waals surface area (Å²) in [6, 6.07) is 9.87. The number of carbonyl (C=O) groups is 1. The summed E-state index contributed by atoms with van der Waals surface area (Å²) in [6.07, 6.45) is 5.66. The molecular formula is C25H33ClN4O4S. The van der Waals surface area contributed by atoms with Crippen LogP contribution in [0.5, 0.6) is 0 Å². The van der Waals surface area contributed by atoms with Crippen LogP contribution in [-0.4, -0.2) is 51.4 Å². The summed E-state index contributed by atoms with van der Waals surface area (Å²) in [7, 11) is -3.64. The Balaban J connectivity index is 1.75. The molecule has 0 unspecified atom stereocenters. The van der Waals surface area contributed by atoms with Gasteiger partial charge in [0.2, 0.25) is 15.9 Å². The molecule has 0 radical (unpaired) electrons. The lowest BCUT2D eigenvalue weighted by atomic mass is 9.93. The van der Waals surface area contributed by atoms with E-state index in [1.165, 1.54) is 0 Å². The smallest absolute Gasteiger partial charge is 0.244 e. The van der Waals surface area contributed by atoms with Crippen molar-refractivity contribution in [2.75, 3.05) is 36.2 Å². The van der Waals surface area contributed by atoms with E-state index in [0.29, 0.717) is 35.6 Å². The van der Waals surface area contributed by atoms with Gasteiger partial charge in [-0.05, 0) is 61.4 Å². The molecule has 2 aliphatic rings. The summed E-state index contributed by atoms with van der Waals surface area (Å²) in [5.41, 5.74) is 1.79. The first-order valence-corrected chi connectivity index (χ1v) is 14.2. The number of amides is 1. The number of benzene rings is 1. The van der Waals surface area contributed by atoms with E-state index in [0.717, 1.165) is 55.8 Å². The number of ether oxygens (including phenoxy) is 1. The van der Waals surface area contributed by atoms with Crippen molar-refractivity contribution in [3.8, 4) is 0 Å². The fraction of sp³-hybridized carbons (Fsp3) is 0.520. The lowest BCUT2D eigenvalue weighted by Gasteiger charge is -2.38. The van der Waals surface area contributed by atoms with Crippen LogP contribution in [-0.2, 0) is 25.0 Å². The van der Waals surface area contributed by atoms with Crippen molar-refractivity contribution < 1.29 is 17.9 Å². The zero-order valence-corrected chi connectivity index (χ0v) is 22.0. The highest BCUT2D eigenvalue weighted by molar-refractivity contribution is 7.89.